The van der Waals surface area contributed by atoms with Gasteiger partial charge < -0.3 is 9.30 Å². The SMILES string of the molecule is C[C@@]12OC[C@@H](c3ccccc3)N1C(=O)c1cc3ccccc3n1-c1ccccc12. The molecule has 0 saturated carbocycles. The Hall–Kier alpha value is -3.37. The molecule has 1 amide bonds. The summed E-state index contributed by atoms with van der Waals surface area (Å²) >= 11 is 0. The van der Waals surface area contributed by atoms with Gasteiger partial charge in [0.25, 0.3) is 5.91 Å². The molecule has 6 rings (SSSR count). The monoisotopic (exact) mass is 380 g/mol. The van der Waals surface area contributed by atoms with Crippen molar-refractivity contribution in [3.63, 3.8) is 0 Å². The minimum absolute atomic E-state index is 0.00810. The van der Waals surface area contributed by atoms with Crippen LogP contribution >= 0.6 is 0 Å². The van der Waals surface area contributed by atoms with Crippen molar-refractivity contribution < 1.29 is 9.53 Å². The summed E-state index contributed by atoms with van der Waals surface area (Å²) in [6, 6.07) is 28.4. The summed E-state index contributed by atoms with van der Waals surface area (Å²) in [5, 5.41) is 1.06. The first-order chi connectivity index (χ1) is 14.2. The number of nitrogens with zero attached hydrogens (tertiary/aromatic N) is 2. The van der Waals surface area contributed by atoms with Gasteiger partial charge in [-0.05, 0) is 30.7 Å². The summed E-state index contributed by atoms with van der Waals surface area (Å²) in [6.45, 7) is 2.49. The highest BCUT2D eigenvalue weighted by molar-refractivity contribution is 6.01. The lowest BCUT2D eigenvalue weighted by molar-refractivity contribution is -0.0598. The van der Waals surface area contributed by atoms with Crippen LogP contribution in [-0.2, 0) is 10.5 Å². The van der Waals surface area contributed by atoms with E-state index in [1.54, 1.807) is 0 Å². The smallest absolute Gasteiger partial charge is 0.273 e. The minimum atomic E-state index is -0.825. The van der Waals surface area contributed by atoms with Gasteiger partial charge in [0.15, 0.2) is 5.72 Å². The van der Waals surface area contributed by atoms with E-state index in [9.17, 15) is 4.79 Å². The highest BCUT2D eigenvalue weighted by Crippen LogP contribution is 2.48. The van der Waals surface area contributed by atoms with E-state index in [4.69, 9.17) is 4.74 Å². The van der Waals surface area contributed by atoms with E-state index < -0.39 is 5.72 Å². The van der Waals surface area contributed by atoms with Crippen LogP contribution in [0.1, 0.15) is 34.6 Å². The van der Waals surface area contributed by atoms with Crippen molar-refractivity contribution in [2.45, 2.75) is 18.7 Å². The van der Waals surface area contributed by atoms with Crippen molar-refractivity contribution in [2.24, 2.45) is 0 Å². The zero-order valence-corrected chi connectivity index (χ0v) is 16.1. The Kier molecular flexibility index (Phi) is 3.32. The van der Waals surface area contributed by atoms with E-state index >= 15 is 0 Å². The number of benzene rings is 3. The second kappa shape index (κ2) is 5.82. The molecule has 2 atom stereocenters. The van der Waals surface area contributed by atoms with Crippen LogP contribution in [0.15, 0.2) is 84.9 Å². The Labute approximate surface area is 168 Å². The largest absolute Gasteiger partial charge is 0.349 e. The quantitative estimate of drug-likeness (QED) is 0.464. The van der Waals surface area contributed by atoms with Gasteiger partial charge in [0.1, 0.15) is 5.69 Å². The van der Waals surface area contributed by atoms with Crippen molar-refractivity contribution in [3.8, 4) is 5.69 Å². The van der Waals surface area contributed by atoms with Gasteiger partial charge in [-0.1, -0.05) is 66.7 Å². The Morgan fingerprint density at radius 2 is 1.66 bits per heavy atom. The van der Waals surface area contributed by atoms with E-state index in [1.165, 1.54) is 0 Å². The number of fused-ring (bicyclic) bond motifs is 7. The first-order valence-corrected chi connectivity index (χ1v) is 9.91. The average Bonchev–Trinajstić information content (AvgIpc) is 3.31. The maximum Gasteiger partial charge on any atom is 0.273 e. The molecule has 1 fully saturated rings. The fourth-order valence-electron chi connectivity index (χ4n) is 4.90. The van der Waals surface area contributed by atoms with Crippen molar-refractivity contribution in [1.29, 1.82) is 0 Å². The lowest BCUT2D eigenvalue weighted by Crippen LogP contribution is -2.44. The first kappa shape index (κ1) is 16.6. The molecule has 4 heteroatoms. The number of carbonyl (C=O) groups excluding carboxylic acids is 1. The lowest BCUT2D eigenvalue weighted by atomic mass is 9.98. The standard InChI is InChI=1S/C25H20N2O2/c1-25-19-12-6-8-14-21(19)26-20-13-7-5-11-18(20)15-22(26)24(28)27(25)23(16-29-25)17-9-3-2-4-10-17/h2-15,23H,16H2,1H3/t23-,25-/m0/s1. The predicted octanol–water partition coefficient (Wildman–Crippen LogP) is 5.03. The molecule has 0 bridgehead atoms. The van der Waals surface area contributed by atoms with Gasteiger partial charge in [0.05, 0.1) is 23.9 Å². The first-order valence-electron chi connectivity index (χ1n) is 9.91. The molecule has 3 aromatic carbocycles. The minimum Gasteiger partial charge on any atom is -0.349 e. The van der Waals surface area contributed by atoms with Gasteiger partial charge in [-0.25, -0.2) is 0 Å². The molecule has 0 aliphatic carbocycles. The van der Waals surface area contributed by atoms with E-state index in [2.05, 4.69) is 41.0 Å². The van der Waals surface area contributed by atoms with Crippen LogP contribution in [0, 0.1) is 0 Å². The van der Waals surface area contributed by atoms with Crippen LogP contribution in [0.5, 0.6) is 0 Å². The normalized spacial score (nSPS) is 22.9. The van der Waals surface area contributed by atoms with E-state index in [-0.39, 0.29) is 11.9 Å². The van der Waals surface area contributed by atoms with Crippen molar-refractivity contribution >= 4 is 16.8 Å². The van der Waals surface area contributed by atoms with Crippen LogP contribution < -0.4 is 0 Å². The molecule has 2 aliphatic heterocycles. The van der Waals surface area contributed by atoms with Gasteiger partial charge in [-0.2, -0.15) is 0 Å². The molecule has 1 saturated heterocycles. The molecule has 0 radical (unpaired) electrons. The molecule has 4 aromatic rings. The Morgan fingerprint density at radius 3 is 2.52 bits per heavy atom. The summed E-state index contributed by atoms with van der Waals surface area (Å²) < 4.78 is 8.48. The predicted molar refractivity (Wildman–Crippen MR) is 112 cm³/mol. The second-order valence-corrected chi connectivity index (χ2v) is 7.84. The van der Waals surface area contributed by atoms with Crippen LogP contribution in [0.3, 0.4) is 0 Å². The molecule has 3 heterocycles. The zero-order valence-electron chi connectivity index (χ0n) is 16.1. The van der Waals surface area contributed by atoms with E-state index in [1.807, 2.05) is 60.4 Å². The van der Waals surface area contributed by atoms with Gasteiger partial charge >= 0.3 is 0 Å². The number of carbonyl (C=O) groups is 1. The molecule has 4 nitrogen and oxygen atoms in total. The molecular weight excluding hydrogens is 360 g/mol. The molecule has 0 spiro atoms. The van der Waals surface area contributed by atoms with Gasteiger partial charge in [0.2, 0.25) is 0 Å². The third kappa shape index (κ3) is 2.15. The molecular formula is C25H20N2O2. The lowest BCUT2D eigenvalue weighted by Gasteiger charge is -2.35. The molecule has 0 unspecified atom stereocenters. The van der Waals surface area contributed by atoms with Crippen molar-refractivity contribution in [3.05, 3.63) is 102 Å². The van der Waals surface area contributed by atoms with Crippen LogP contribution in [0.4, 0.5) is 0 Å². The molecule has 29 heavy (non-hydrogen) atoms. The number of rotatable bonds is 1. The van der Waals surface area contributed by atoms with Crippen molar-refractivity contribution in [1.82, 2.24) is 9.47 Å². The van der Waals surface area contributed by atoms with Gasteiger partial charge in [0, 0.05) is 10.9 Å². The van der Waals surface area contributed by atoms with Crippen molar-refractivity contribution in [2.75, 3.05) is 6.61 Å². The summed E-state index contributed by atoms with van der Waals surface area (Å²) in [5.41, 5.74) is 3.97. The Morgan fingerprint density at radius 1 is 0.931 bits per heavy atom. The summed E-state index contributed by atoms with van der Waals surface area (Å²) in [5.74, 6) is -0.00810. The number of aromatic nitrogens is 1. The number of hydrogen-bond donors (Lipinski definition) is 0. The fraction of sp³-hybridized carbons (Fsp3) is 0.160. The Bertz CT molecular complexity index is 1260. The maximum absolute atomic E-state index is 14.0. The molecule has 1 aromatic heterocycles. The third-order valence-corrected chi connectivity index (χ3v) is 6.27. The number of para-hydroxylation sites is 2. The van der Waals surface area contributed by atoms with Crippen LogP contribution in [0.2, 0.25) is 0 Å². The Balaban J connectivity index is 1.67. The topological polar surface area (TPSA) is 34.5 Å². The summed E-state index contributed by atoms with van der Waals surface area (Å²) in [6.07, 6.45) is 0. The number of ether oxygens (including phenoxy) is 1. The highest BCUT2D eigenvalue weighted by Gasteiger charge is 2.52. The molecule has 2 aliphatic rings. The van der Waals surface area contributed by atoms with E-state index in [0.717, 1.165) is 27.7 Å². The van der Waals surface area contributed by atoms with Crippen LogP contribution in [-0.4, -0.2) is 22.0 Å². The van der Waals surface area contributed by atoms with E-state index in [0.29, 0.717) is 12.3 Å². The number of hydrogen-bond acceptors (Lipinski definition) is 2. The summed E-state index contributed by atoms with van der Waals surface area (Å²) in [7, 11) is 0. The molecule has 0 N–H and O–H groups in total. The maximum atomic E-state index is 14.0. The highest BCUT2D eigenvalue weighted by atomic mass is 16.5. The van der Waals surface area contributed by atoms with Crippen LogP contribution in [0.25, 0.3) is 16.6 Å². The van der Waals surface area contributed by atoms with Gasteiger partial charge in [-0.3, -0.25) is 9.69 Å². The second-order valence-electron chi connectivity index (χ2n) is 7.84. The number of amides is 1. The third-order valence-electron chi connectivity index (χ3n) is 6.27. The summed E-state index contributed by atoms with van der Waals surface area (Å²) in [4.78, 5) is 15.9. The molecule has 142 valence electrons. The average molecular weight is 380 g/mol. The zero-order chi connectivity index (χ0) is 19.6. The van der Waals surface area contributed by atoms with Gasteiger partial charge in [-0.15, -0.1) is 0 Å². The fourth-order valence-corrected chi connectivity index (χ4v) is 4.90.